The molecule has 27 heavy (non-hydrogen) atoms. The van der Waals surface area contributed by atoms with E-state index in [9.17, 15) is 0 Å². The fourth-order valence-corrected chi connectivity index (χ4v) is 4.40. The van der Waals surface area contributed by atoms with E-state index in [1.54, 1.807) is 0 Å². The quantitative estimate of drug-likeness (QED) is 0.523. The Hall–Kier alpha value is -2.28. The molecular weight excluding hydrogens is 358 g/mol. The summed E-state index contributed by atoms with van der Waals surface area (Å²) in [5.41, 5.74) is 0.960. The minimum absolute atomic E-state index is 0.279. The van der Waals surface area contributed by atoms with Crippen molar-refractivity contribution in [2.24, 2.45) is 0 Å². The van der Waals surface area contributed by atoms with Gasteiger partial charge in [0.2, 0.25) is 11.7 Å². The normalized spacial score (nSPS) is 16.9. The number of benzene rings is 1. The van der Waals surface area contributed by atoms with Gasteiger partial charge in [-0.25, -0.2) is 0 Å². The molecular formula is C21H23N3O2S. The number of aromatic nitrogens is 2. The first kappa shape index (κ1) is 18.1. The van der Waals surface area contributed by atoms with Crippen molar-refractivity contribution in [3.05, 3.63) is 70.8 Å². The highest BCUT2D eigenvalue weighted by Crippen LogP contribution is 2.33. The fourth-order valence-electron chi connectivity index (χ4n) is 3.26. The predicted molar refractivity (Wildman–Crippen MR) is 106 cm³/mol. The molecule has 3 heterocycles. The van der Waals surface area contributed by atoms with Crippen LogP contribution in [0, 0.1) is 0 Å². The fraction of sp³-hybridized carbons (Fsp3) is 0.333. The van der Waals surface area contributed by atoms with Crippen LogP contribution in [-0.4, -0.2) is 28.2 Å². The Kier molecular flexibility index (Phi) is 5.77. The van der Waals surface area contributed by atoms with Crippen LogP contribution in [-0.2, 0) is 17.8 Å². The van der Waals surface area contributed by atoms with Crippen molar-refractivity contribution in [3.63, 3.8) is 0 Å². The Balaban J connectivity index is 1.42. The summed E-state index contributed by atoms with van der Waals surface area (Å²) in [6, 6.07) is 14.3. The van der Waals surface area contributed by atoms with Crippen LogP contribution in [0.5, 0.6) is 0 Å². The molecule has 0 N–H and O–H groups in total. The summed E-state index contributed by atoms with van der Waals surface area (Å²) in [4.78, 5) is 9.43. The summed E-state index contributed by atoms with van der Waals surface area (Å²) in [7, 11) is 0. The summed E-state index contributed by atoms with van der Waals surface area (Å²) in [5.74, 6) is 1.24. The van der Waals surface area contributed by atoms with Crippen molar-refractivity contribution in [2.75, 3.05) is 13.2 Å². The van der Waals surface area contributed by atoms with E-state index in [-0.39, 0.29) is 6.10 Å². The zero-order valence-electron chi connectivity index (χ0n) is 15.2. The summed E-state index contributed by atoms with van der Waals surface area (Å²) < 4.78 is 11.3. The molecule has 5 nitrogen and oxygen atoms in total. The van der Waals surface area contributed by atoms with Crippen LogP contribution in [0.15, 0.2) is 59.6 Å². The number of hydrogen-bond donors (Lipinski definition) is 0. The van der Waals surface area contributed by atoms with Gasteiger partial charge in [-0.2, -0.15) is 4.98 Å². The Morgan fingerprint density at radius 2 is 2.07 bits per heavy atom. The first-order valence-corrected chi connectivity index (χ1v) is 10.0. The van der Waals surface area contributed by atoms with Gasteiger partial charge in [-0.15, -0.1) is 17.9 Å². The van der Waals surface area contributed by atoms with Gasteiger partial charge in [0.1, 0.15) is 0 Å². The van der Waals surface area contributed by atoms with Crippen molar-refractivity contribution < 1.29 is 9.26 Å². The highest BCUT2D eigenvalue weighted by atomic mass is 32.1. The van der Waals surface area contributed by atoms with Crippen LogP contribution in [0.3, 0.4) is 0 Å². The van der Waals surface area contributed by atoms with Gasteiger partial charge < -0.3 is 9.26 Å². The molecule has 0 saturated carbocycles. The maximum atomic E-state index is 5.79. The maximum Gasteiger partial charge on any atom is 0.241 e. The highest BCUT2D eigenvalue weighted by Gasteiger charge is 2.20. The molecule has 0 unspecified atom stereocenters. The molecule has 0 bridgehead atoms. The third kappa shape index (κ3) is 4.53. The second-order valence-corrected chi connectivity index (χ2v) is 7.84. The van der Waals surface area contributed by atoms with Crippen LogP contribution >= 0.6 is 11.3 Å². The Bertz CT molecular complexity index is 868. The van der Waals surface area contributed by atoms with E-state index >= 15 is 0 Å². The van der Waals surface area contributed by atoms with Gasteiger partial charge in [0.15, 0.2) is 0 Å². The first-order chi connectivity index (χ1) is 13.3. The van der Waals surface area contributed by atoms with Gasteiger partial charge in [-0.05, 0) is 25.0 Å². The van der Waals surface area contributed by atoms with Crippen LogP contribution < -0.4 is 0 Å². The van der Waals surface area contributed by atoms with Crippen molar-refractivity contribution in [2.45, 2.75) is 32.0 Å². The molecule has 0 spiro atoms. The molecule has 0 aliphatic carbocycles. The number of thiophene rings is 1. The molecule has 1 aliphatic heterocycles. The lowest BCUT2D eigenvalue weighted by atomic mass is 10.2. The van der Waals surface area contributed by atoms with E-state index in [4.69, 9.17) is 9.26 Å². The number of ether oxygens (including phenoxy) is 1. The van der Waals surface area contributed by atoms with Gasteiger partial charge in [-0.3, -0.25) is 4.90 Å². The van der Waals surface area contributed by atoms with Gasteiger partial charge in [0.05, 0.1) is 12.6 Å². The molecule has 0 amide bonds. The monoisotopic (exact) mass is 381 g/mol. The second kappa shape index (κ2) is 8.61. The number of hydrogen-bond acceptors (Lipinski definition) is 6. The molecule has 1 aliphatic rings. The minimum atomic E-state index is 0.279. The van der Waals surface area contributed by atoms with Crippen LogP contribution in [0.2, 0.25) is 0 Å². The highest BCUT2D eigenvalue weighted by molar-refractivity contribution is 7.12. The summed E-state index contributed by atoms with van der Waals surface area (Å²) in [6.07, 6.45) is 4.46. The van der Waals surface area contributed by atoms with E-state index in [0.717, 1.165) is 38.1 Å². The largest absolute Gasteiger partial charge is 0.373 e. The molecule has 3 aromatic rings. The first-order valence-electron chi connectivity index (χ1n) is 9.23. The lowest BCUT2D eigenvalue weighted by Gasteiger charge is -2.17. The summed E-state index contributed by atoms with van der Waals surface area (Å²) in [5, 5.41) is 4.11. The zero-order chi connectivity index (χ0) is 18.5. The average Bonchev–Trinajstić information content (AvgIpc) is 3.44. The summed E-state index contributed by atoms with van der Waals surface area (Å²) in [6.45, 7) is 6.94. The molecule has 1 aromatic carbocycles. The zero-order valence-corrected chi connectivity index (χ0v) is 16.0. The van der Waals surface area contributed by atoms with Gasteiger partial charge in [-0.1, -0.05) is 41.6 Å². The summed E-state index contributed by atoms with van der Waals surface area (Å²) >= 11 is 1.83. The van der Waals surface area contributed by atoms with E-state index < -0.39 is 0 Å². The molecule has 4 rings (SSSR count). The Labute approximate surface area is 163 Å². The van der Waals surface area contributed by atoms with Crippen molar-refractivity contribution in [1.82, 2.24) is 15.0 Å². The topological polar surface area (TPSA) is 51.4 Å². The lowest BCUT2D eigenvalue weighted by molar-refractivity contribution is 0.114. The van der Waals surface area contributed by atoms with E-state index in [2.05, 4.69) is 33.8 Å². The lowest BCUT2D eigenvalue weighted by Crippen LogP contribution is -2.22. The smallest absolute Gasteiger partial charge is 0.241 e. The van der Waals surface area contributed by atoms with Crippen LogP contribution in [0.1, 0.15) is 34.6 Å². The van der Waals surface area contributed by atoms with E-state index in [1.165, 1.54) is 9.75 Å². The SMILES string of the molecule is C=CCN(Cc1nc(-c2ccccc2)no1)Cc1ccc([C@H]2CCCO2)s1. The number of nitrogens with zero attached hydrogens (tertiary/aromatic N) is 3. The van der Waals surface area contributed by atoms with Crippen molar-refractivity contribution in [1.29, 1.82) is 0 Å². The van der Waals surface area contributed by atoms with E-state index in [1.807, 2.05) is 47.7 Å². The van der Waals surface area contributed by atoms with Gasteiger partial charge >= 0.3 is 0 Å². The number of rotatable bonds is 8. The Morgan fingerprint density at radius 3 is 2.85 bits per heavy atom. The predicted octanol–water partition coefficient (Wildman–Crippen LogP) is 4.84. The maximum absolute atomic E-state index is 5.79. The van der Waals surface area contributed by atoms with Crippen molar-refractivity contribution >= 4 is 11.3 Å². The van der Waals surface area contributed by atoms with Crippen LogP contribution in [0.4, 0.5) is 0 Å². The minimum Gasteiger partial charge on any atom is -0.373 e. The molecule has 2 aromatic heterocycles. The standard InChI is InChI=1S/C21H23N3O2S/c1-2-12-24(14-17-10-11-19(27-17)18-9-6-13-25-18)15-20-22-21(23-26-20)16-7-4-3-5-8-16/h2-5,7-8,10-11,18H,1,6,9,12-15H2/t18-/m1/s1. The molecule has 140 valence electrons. The Morgan fingerprint density at radius 1 is 1.19 bits per heavy atom. The second-order valence-electron chi connectivity index (χ2n) is 6.64. The molecule has 6 heteroatoms. The molecule has 0 radical (unpaired) electrons. The molecule has 1 atom stereocenters. The third-order valence-electron chi connectivity index (χ3n) is 4.56. The molecule has 1 fully saturated rings. The van der Waals surface area contributed by atoms with Crippen molar-refractivity contribution in [3.8, 4) is 11.4 Å². The van der Waals surface area contributed by atoms with Gasteiger partial charge in [0, 0.05) is 35.0 Å². The average molecular weight is 382 g/mol. The van der Waals surface area contributed by atoms with Gasteiger partial charge in [0.25, 0.3) is 0 Å². The van der Waals surface area contributed by atoms with E-state index in [0.29, 0.717) is 18.3 Å². The molecule has 1 saturated heterocycles. The third-order valence-corrected chi connectivity index (χ3v) is 5.72. The van der Waals surface area contributed by atoms with Crippen LogP contribution in [0.25, 0.3) is 11.4 Å².